The van der Waals surface area contributed by atoms with Gasteiger partial charge in [0, 0.05) is 37.2 Å². The van der Waals surface area contributed by atoms with Crippen LogP contribution in [0.5, 0.6) is 0 Å². The van der Waals surface area contributed by atoms with Crippen LogP contribution in [0.25, 0.3) is 5.69 Å². The molecule has 3 aromatic rings. The second kappa shape index (κ2) is 14.8. The minimum atomic E-state index is -1.41. The minimum Gasteiger partial charge on any atom is -0.550 e. The summed E-state index contributed by atoms with van der Waals surface area (Å²) in [7, 11) is 1.63. The predicted molar refractivity (Wildman–Crippen MR) is 139 cm³/mol. The quantitative estimate of drug-likeness (QED) is 0.300. The first-order valence-electron chi connectivity index (χ1n) is 12.8. The molecule has 2 N–H and O–H groups in total. The van der Waals surface area contributed by atoms with Gasteiger partial charge in [-0.2, -0.15) is 5.10 Å². The largest absolute Gasteiger partial charge is 1.00 e. The Morgan fingerprint density at radius 1 is 1.07 bits per heavy atom. The summed E-state index contributed by atoms with van der Waals surface area (Å²) in [4.78, 5) is 25.9. The number of hydrogen-bond donors (Lipinski definition) is 2. The molecule has 0 bridgehead atoms. The van der Waals surface area contributed by atoms with Crippen molar-refractivity contribution in [2.45, 2.75) is 71.1 Å². The smallest absolute Gasteiger partial charge is 0.550 e. The number of nitrogens with zero attached hydrogens (tertiary/aromatic N) is 3. The van der Waals surface area contributed by atoms with Crippen LogP contribution < -0.4 is 34.7 Å². The average molecular weight is 566 g/mol. The molecular formula is C29H34F2N3NaO5. The third-order valence-electron chi connectivity index (χ3n) is 6.52. The number of hydrogen-bond acceptors (Lipinski definition) is 6. The molecule has 0 spiro atoms. The molecule has 0 aliphatic carbocycles. The number of aliphatic hydroxyl groups is 2. The maximum absolute atomic E-state index is 13.7. The summed E-state index contributed by atoms with van der Waals surface area (Å²) in [6.07, 6.45) is -2.58. The fourth-order valence-corrected chi connectivity index (χ4v) is 4.61. The van der Waals surface area contributed by atoms with Gasteiger partial charge < -0.3 is 25.0 Å². The summed E-state index contributed by atoms with van der Waals surface area (Å²) < 4.78 is 28.9. The molecule has 1 heterocycles. The molecule has 0 aliphatic rings. The van der Waals surface area contributed by atoms with Crippen molar-refractivity contribution >= 4 is 11.9 Å². The summed E-state index contributed by atoms with van der Waals surface area (Å²) in [6, 6.07) is 10.3. The van der Waals surface area contributed by atoms with Gasteiger partial charge >= 0.3 is 29.6 Å². The van der Waals surface area contributed by atoms with Gasteiger partial charge in [0.2, 0.25) is 0 Å². The second-order valence-corrected chi connectivity index (χ2v) is 10.2. The van der Waals surface area contributed by atoms with Crippen molar-refractivity contribution in [1.82, 2.24) is 14.7 Å². The average Bonchev–Trinajstić information content (AvgIpc) is 3.24. The summed E-state index contributed by atoms with van der Waals surface area (Å²) in [5, 5.41) is 35.7. The van der Waals surface area contributed by atoms with E-state index in [4.69, 9.17) is 0 Å². The van der Waals surface area contributed by atoms with Gasteiger partial charge in [-0.05, 0) is 73.6 Å². The number of aromatic nitrogens is 2. The fourth-order valence-electron chi connectivity index (χ4n) is 4.61. The van der Waals surface area contributed by atoms with Crippen molar-refractivity contribution in [2.24, 2.45) is 0 Å². The van der Waals surface area contributed by atoms with Crippen molar-refractivity contribution in [3.63, 3.8) is 0 Å². The summed E-state index contributed by atoms with van der Waals surface area (Å²) in [6.45, 7) is 5.71. The molecule has 2 aromatic carbocycles. The molecule has 0 saturated carbocycles. The first kappa shape index (κ1) is 33.6. The number of aliphatic carboxylic acids is 1. The van der Waals surface area contributed by atoms with Crippen LogP contribution in [0.3, 0.4) is 0 Å². The molecule has 0 aliphatic heterocycles. The predicted octanol–water partition coefficient (Wildman–Crippen LogP) is 0.0430. The van der Waals surface area contributed by atoms with Gasteiger partial charge in [-0.15, -0.1) is 0 Å². The maximum atomic E-state index is 13.7. The van der Waals surface area contributed by atoms with E-state index in [1.807, 2.05) is 13.8 Å². The van der Waals surface area contributed by atoms with E-state index in [1.165, 1.54) is 35.2 Å². The monoisotopic (exact) mass is 565 g/mol. The van der Waals surface area contributed by atoms with Crippen LogP contribution in [0, 0.1) is 18.6 Å². The third-order valence-corrected chi connectivity index (χ3v) is 6.52. The minimum absolute atomic E-state index is 0. The number of carbonyl (C=O) groups excluding carboxylic acids is 2. The fraction of sp³-hybridized carbons (Fsp3) is 0.414. The number of carboxylic acids is 1. The zero-order valence-corrected chi connectivity index (χ0v) is 25.5. The zero-order chi connectivity index (χ0) is 28.9. The Labute approximate surface area is 254 Å². The summed E-state index contributed by atoms with van der Waals surface area (Å²) in [5.41, 5.74) is 3.26. The van der Waals surface area contributed by atoms with Crippen LogP contribution in [0.4, 0.5) is 8.78 Å². The van der Waals surface area contributed by atoms with E-state index < -0.39 is 30.4 Å². The van der Waals surface area contributed by atoms with E-state index in [0.29, 0.717) is 22.5 Å². The molecule has 11 heteroatoms. The summed E-state index contributed by atoms with van der Waals surface area (Å²) in [5.74, 6) is -2.66. The Balaban J connectivity index is 0.00000560. The van der Waals surface area contributed by atoms with Crippen molar-refractivity contribution < 1.29 is 63.2 Å². The zero-order valence-electron chi connectivity index (χ0n) is 23.5. The van der Waals surface area contributed by atoms with Crippen molar-refractivity contribution in [1.29, 1.82) is 0 Å². The first-order chi connectivity index (χ1) is 18.4. The number of halogens is 2. The Hall–Kier alpha value is -2.63. The van der Waals surface area contributed by atoms with Crippen LogP contribution in [0.2, 0.25) is 0 Å². The van der Waals surface area contributed by atoms with Crippen molar-refractivity contribution in [2.75, 3.05) is 7.05 Å². The van der Waals surface area contributed by atoms with E-state index >= 15 is 0 Å². The Morgan fingerprint density at radius 2 is 1.73 bits per heavy atom. The van der Waals surface area contributed by atoms with E-state index in [2.05, 4.69) is 5.10 Å². The third kappa shape index (κ3) is 8.68. The molecule has 2 atom stereocenters. The van der Waals surface area contributed by atoms with Crippen LogP contribution >= 0.6 is 0 Å². The molecular weight excluding hydrogens is 531 g/mol. The molecule has 40 heavy (non-hydrogen) atoms. The molecule has 0 radical (unpaired) electrons. The topological polar surface area (TPSA) is 119 Å². The normalized spacial score (nSPS) is 12.6. The second-order valence-electron chi connectivity index (χ2n) is 10.2. The Bertz CT molecular complexity index is 1310. The molecule has 8 nitrogen and oxygen atoms in total. The van der Waals surface area contributed by atoms with Crippen molar-refractivity contribution in [3.8, 4) is 5.69 Å². The molecule has 1 amide bonds. The number of benzene rings is 2. The van der Waals surface area contributed by atoms with Crippen LogP contribution in [0.15, 0.2) is 42.5 Å². The molecule has 1 aromatic heterocycles. The number of aryl methyl sites for hydroxylation is 1. The number of carboxylic acid groups (broad SMARTS) is 1. The molecule has 2 unspecified atom stereocenters. The van der Waals surface area contributed by atoms with E-state index in [0.717, 1.165) is 5.56 Å². The molecule has 210 valence electrons. The number of amides is 1. The summed E-state index contributed by atoms with van der Waals surface area (Å²) >= 11 is 0. The van der Waals surface area contributed by atoms with Crippen LogP contribution in [0.1, 0.15) is 71.9 Å². The number of rotatable bonds is 12. The van der Waals surface area contributed by atoms with Gasteiger partial charge in [-0.3, -0.25) is 4.79 Å². The standard InChI is InChI=1S/C29H35F2N3O5.Na/c1-17(2)27-25(12-10-22(35)14-23(36)15-26(37)38)34(21-8-6-20(30)7-9-21)32-28(27)29(39)33(4)16-19-5-11-24(31)18(3)13-19;/h5-9,11,13,17,22-23,35-36H,10,12,14-16H2,1-4H3,(H,37,38);/q;+1/p-1. The van der Waals surface area contributed by atoms with Gasteiger partial charge in [-0.1, -0.05) is 26.0 Å². The van der Waals surface area contributed by atoms with Gasteiger partial charge in [-0.25, -0.2) is 13.5 Å². The number of aliphatic hydroxyl groups excluding tert-OH is 2. The molecule has 3 rings (SSSR count). The van der Waals surface area contributed by atoms with E-state index in [1.54, 1.807) is 30.8 Å². The maximum Gasteiger partial charge on any atom is 1.00 e. The van der Waals surface area contributed by atoms with Gasteiger partial charge in [0.05, 0.1) is 17.9 Å². The Morgan fingerprint density at radius 3 is 2.30 bits per heavy atom. The first-order valence-corrected chi connectivity index (χ1v) is 12.8. The molecule has 0 fully saturated rings. The van der Waals surface area contributed by atoms with E-state index in [-0.39, 0.29) is 78.7 Å². The van der Waals surface area contributed by atoms with Crippen LogP contribution in [-0.2, 0) is 17.8 Å². The Kier molecular flexibility index (Phi) is 12.5. The van der Waals surface area contributed by atoms with Gasteiger partial charge in [0.1, 0.15) is 11.6 Å². The van der Waals surface area contributed by atoms with Gasteiger partial charge in [0.25, 0.3) is 5.91 Å². The van der Waals surface area contributed by atoms with E-state index in [9.17, 15) is 33.7 Å². The number of carbonyl (C=O) groups is 2. The van der Waals surface area contributed by atoms with Crippen molar-refractivity contribution in [3.05, 3.63) is 82.2 Å². The SMILES string of the molecule is Cc1cc(CN(C)C(=O)c2nn(-c3ccc(F)cc3)c(CCC(O)CC(O)CC(=O)[O-])c2C(C)C)ccc1F.[Na+]. The van der Waals surface area contributed by atoms with Crippen LogP contribution in [-0.4, -0.2) is 56.0 Å². The van der Waals surface area contributed by atoms with Gasteiger partial charge in [0.15, 0.2) is 5.69 Å². The molecule has 0 saturated heterocycles.